The summed E-state index contributed by atoms with van der Waals surface area (Å²) in [6.45, 7) is 11.2. The molecule has 3 fully saturated rings. The lowest BCUT2D eigenvalue weighted by Gasteiger charge is -2.34. The summed E-state index contributed by atoms with van der Waals surface area (Å²) in [6.07, 6.45) is 2.53. The monoisotopic (exact) mass is 329 g/mol. The van der Waals surface area contributed by atoms with Gasteiger partial charge in [0.2, 0.25) is 0 Å². The van der Waals surface area contributed by atoms with Crippen LogP contribution in [0.1, 0.15) is 46.1 Å². The molecule has 2 bridgehead atoms. The van der Waals surface area contributed by atoms with Gasteiger partial charge in [0.25, 0.3) is 0 Å². The lowest BCUT2D eigenvalue weighted by molar-refractivity contribution is -0.0186. The number of rotatable bonds is 3. The molecule has 3 heterocycles. The molecule has 0 saturated carbocycles. The Labute approximate surface area is 145 Å². The summed E-state index contributed by atoms with van der Waals surface area (Å²) < 4.78 is 18.1. The first kappa shape index (κ1) is 16.6. The molecule has 1 aromatic rings. The van der Waals surface area contributed by atoms with Gasteiger partial charge >= 0.3 is 7.12 Å². The van der Waals surface area contributed by atoms with Gasteiger partial charge in [-0.05, 0) is 51.6 Å². The van der Waals surface area contributed by atoms with E-state index < -0.39 is 0 Å². The van der Waals surface area contributed by atoms with Crippen molar-refractivity contribution in [1.82, 2.24) is 4.90 Å². The predicted octanol–water partition coefficient (Wildman–Crippen LogP) is 2.35. The summed E-state index contributed by atoms with van der Waals surface area (Å²) in [5.41, 5.74) is 1.86. The highest BCUT2D eigenvalue weighted by Gasteiger charge is 2.51. The Morgan fingerprint density at radius 1 is 1.04 bits per heavy atom. The second-order valence-corrected chi connectivity index (χ2v) is 8.43. The standard InChI is InChI=1S/C19H28BNO3/c1-18(2)19(3,4)24-20(23-18)15-7-5-6-14(10-15)11-21-16-8-9-17(21)13-22-12-16/h5-7,10,16-17H,8-9,11-13H2,1-4H3. The molecule has 24 heavy (non-hydrogen) atoms. The summed E-state index contributed by atoms with van der Waals surface area (Å²) in [4.78, 5) is 2.62. The fraction of sp³-hybridized carbons (Fsp3) is 0.684. The number of nitrogens with zero attached hydrogens (tertiary/aromatic N) is 1. The Kier molecular flexibility index (Phi) is 4.03. The summed E-state index contributed by atoms with van der Waals surface area (Å²) in [6, 6.07) is 9.87. The Bertz CT molecular complexity index is 586. The SMILES string of the molecule is CC1(C)OB(c2cccc(CN3C4CCC3COC4)c2)OC1(C)C. The number of ether oxygens (including phenoxy) is 1. The van der Waals surface area contributed by atoms with E-state index in [-0.39, 0.29) is 18.3 Å². The van der Waals surface area contributed by atoms with Gasteiger partial charge in [-0.2, -0.15) is 0 Å². The normalized spacial score (nSPS) is 31.6. The molecule has 3 aliphatic rings. The third kappa shape index (κ3) is 2.82. The van der Waals surface area contributed by atoms with Crippen LogP contribution in [0, 0.1) is 0 Å². The number of benzene rings is 1. The van der Waals surface area contributed by atoms with E-state index in [1.54, 1.807) is 0 Å². The van der Waals surface area contributed by atoms with Crippen molar-refractivity contribution in [2.24, 2.45) is 0 Å². The maximum Gasteiger partial charge on any atom is 0.494 e. The summed E-state index contributed by atoms with van der Waals surface area (Å²) in [5.74, 6) is 0. The Balaban J connectivity index is 1.51. The second kappa shape index (κ2) is 5.84. The van der Waals surface area contributed by atoms with E-state index in [0.29, 0.717) is 12.1 Å². The highest BCUT2D eigenvalue weighted by molar-refractivity contribution is 6.62. The second-order valence-electron chi connectivity index (χ2n) is 8.43. The van der Waals surface area contributed by atoms with Crippen LogP contribution < -0.4 is 5.46 Å². The molecule has 0 amide bonds. The molecule has 0 aliphatic carbocycles. The van der Waals surface area contributed by atoms with Crippen molar-refractivity contribution in [2.75, 3.05) is 13.2 Å². The van der Waals surface area contributed by atoms with Gasteiger partial charge in [0.1, 0.15) is 0 Å². The van der Waals surface area contributed by atoms with Gasteiger partial charge in [-0.15, -0.1) is 0 Å². The molecule has 0 radical (unpaired) electrons. The lowest BCUT2D eigenvalue weighted by Crippen LogP contribution is -2.45. The molecule has 2 unspecified atom stereocenters. The van der Waals surface area contributed by atoms with Gasteiger partial charge in [0.15, 0.2) is 0 Å². The smallest absolute Gasteiger partial charge is 0.399 e. The molecular formula is C19H28BNO3. The molecule has 0 N–H and O–H groups in total. The van der Waals surface area contributed by atoms with E-state index in [2.05, 4.69) is 56.9 Å². The minimum atomic E-state index is -0.295. The van der Waals surface area contributed by atoms with E-state index in [1.165, 1.54) is 18.4 Å². The summed E-state index contributed by atoms with van der Waals surface area (Å²) >= 11 is 0. The molecule has 5 heteroatoms. The van der Waals surface area contributed by atoms with Crippen LogP contribution in [0.4, 0.5) is 0 Å². The minimum absolute atomic E-state index is 0.281. The Hall–Kier alpha value is -0.875. The average molecular weight is 329 g/mol. The third-order valence-corrected chi connectivity index (χ3v) is 6.23. The van der Waals surface area contributed by atoms with Crippen LogP contribution in [0.25, 0.3) is 0 Å². The van der Waals surface area contributed by atoms with Crippen LogP contribution in [0.5, 0.6) is 0 Å². The average Bonchev–Trinajstić information content (AvgIpc) is 2.88. The van der Waals surface area contributed by atoms with E-state index in [1.807, 2.05) is 0 Å². The Morgan fingerprint density at radius 2 is 1.67 bits per heavy atom. The van der Waals surface area contributed by atoms with Gasteiger partial charge in [0, 0.05) is 18.6 Å². The minimum Gasteiger partial charge on any atom is -0.399 e. The number of morpholine rings is 1. The topological polar surface area (TPSA) is 30.9 Å². The maximum atomic E-state index is 6.19. The molecular weight excluding hydrogens is 301 g/mol. The summed E-state index contributed by atoms with van der Waals surface area (Å²) in [7, 11) is -0.281. The lowest BCUT2D eigenvalue weighted by atomic mass is 9.78. The molecule has 0 aromatic heterocycles. The van der Waals surface area contributed by atoms with E-state index >= 15 is 0 Å². The van der Waals surface area contributed by atoms with Crippen molar-refractivity contribution in [3.05, 3.63) is 29.8 Å². The van der Waals surface area contributed by atoms with Gasteiger partial charge in [-0.3, -0.25) is 4.90 Å². The zero-order chi connectivity index (χ0) is 16.9. The number of hydrogen-bond donors (Lipinski definition) is 0. The van der Waals surface area contributed by atoms with Gasteiger partial charge < -0.3 is 14.0 Å². The first-order valence-corrected chi connectivity index (χ1v) is 9.14. The van der Waals surface area contributed by atoms with Crippen molar-refractivity contribution < 1.29 is 14.0 Å². The summed E-state index contributed by atoms with van der Waals surface area (Å²) in [5, 5.41) is 0. The van der Waals surface area contributed by atoms with Crippen LogP contribution in [-0.2, 0) is 20.6 Å². The zero-order valence-corrected chi connectivity index (χ0v) is 15.2. The third-order valence-electron chi connectivity index (χ3n) is 6.23. The van der Waals surface area contributed by atoms with Crippen LogP contribution in [0.15, 0.2) is 24.3 Å². The zero-order valence-electron chi connectivity index (χ0n) is 15.2. The van der Waals surface area contributed by atoms with Crippen LogP contribution in [0.3, 0.4) is 0 Å². The molecule has 3 aliphatic heterocycles. The molecule has 1 aromatic carbocycles. The molecule has 130 valence electrons. The van der Waals surface area contributed by atoms with E-state index in [4.69, 9.17) is 14.0 Å². The molecule has 3 saturated heterocycles. The number of hydrogen-bond acceptors (Lipinski definition) is 4. The Morgan fingerprint density at radius 3 is 2.29 bits per heavy atom. The first-order chi connectivity index (χ1) is 11.4. The van der Waals surface area contributed by atoms with Gasteiger partial charge in [-0.25, -0.2) is 0 Å². The highest BCUT2D eigenvalue weighted by Crippen LogP contribution is 2.36. The van der Waals surface area contributed by atoms with Crippen molar-refractivity contribution in [3.8, 4) is 0 Å². The van der Waals surface area contributed by atoms with Crippen molar-refractivity contribution in [1.29, 1.82) is 0 Å². The van der Waals surface area contributed by atoms with Crippen LogP contribution in [-0.4, -0.2) is 48.5 Å². The molecule has 0 spiro atoms. The first-order valence-electron chi connectivity index (χ1n) is 9.14. The van der Waals surface area contributed by atoms with Crippen molar-refractivity contribution >= 4 is 12.6 Å². The van der Waals surface area contributed by atoms with Crippen molar-refractivity contribution in [3.63, 3.8) is 0 Å². The van der Waals surface area contributed by atoms with Gasteiger partial charge in [0.05, 0.1) is 24.4 Å². The molecule has 2 atom stereocenters. The van der Waals surface area contributed by atoms with Crippen LogP contribution >= 0.6 is 0 Å². The van der Waals surface area contributed by atoms with E-state index in [9.17, 15) is 0 Å². The molecule has 4 rings (SSSR count). The highest BCUT2D eigenvalue weighted by atomic mass is 16.7. The van der Waals surface area contributed by atoms with E-state index in [0.717, 1.165) is 25.2 Å². The van der Waals surface area contributed by atoms with Crippen molar-refractivity contribution in [2.45, 2.75) is 70.4 Å². The van der Waals surface area contributed by atoms with Gasteiger partial charge in [-0.1, -0.05) is 24.3 Å². The van der Waals surface area contributed by atoms with Crippen LogP contribution in [0.2, 0.25) is 0 Å². The number of fused-ring (bicyclic) bond motifs is 2. The maximum absolute atomic E-state index is 6.19. The largest absolute Gasteiger partial charge is 0.494 e. The quantitative estimate of drug-likeness (QED) is 0.797. The predicted molar refractivity (Wildman–Crippen MR) is 95.3 cm³/mol. The molecule has 4 nitrogen and oxygen atoms in total. The fourth-order valence-corrected chi connectivity index (χ4v) is 4.00. The fourth-order valence-electron chi connectivity index (χ4n) is 4.00.